The molecule has 1 aliphatic carbocycles. The van der Waals surface area contributed by atoms with Gasteiger partial charge in [0.15, 0.2) is 0 Å². The van der Waals surface area contributed by atoms with Gasteiger partial charge in [-0.25, -0.2) is 4.79 Å². The van der Waals surface area contributed by atoms with Crippen LogP contribution in [0, 0.1) is 0 Å². The average molecular weight is 325 g/mol. The first-order chi connectivity index (χ1) is 10.3. The minimum Gasteiger partial charge on any atom is -0.444 e. The number of hydrogen-bond donors (Lipinski definition) is 2. The van der Waals surface area contributed by atoms with Crippen LogP contribution in [0.1, 0.15) is 46.5 Å². The molecule has 2 N–H and O–H groups in total. The lowest BCUT2D eigenvalue weighted by Crippen LogP contribution is -2.42. The van der Waals surface area contributed by atoms with Crippen molar-refractivity contribution in [2.75, 3.05) is 5.32 Å². The molecule has 1 aliphatic rings. The average Bonchev–Trinajstić information content (AvgIpc) is 2.39. The van der Waals surface area contributed by atoms with Crippen LogP contribution in [0.15, 0.2) is 24.3 Å². The zero-order chi connectivity index (χ0) is 16.2. The number of benzene rings is 1. The summed E-state index contributed by atoms with van der Waals surface area (Å²) in [6.07, 6.45) is 3.63. The van der Waals surface area contributed by atoms with E-state index < -0.39 is 5.60 Å². The van der Waals surface area contributed by atoms with Crippen LogP contribution in [0.3, 0.4) is 0 Å². The first kappa shape index (κ1) is 16.9. The largest absolute Gasteiger partial charge is 0.444 e. The number of halogens is 1. The molecule has 2 rings (SSSR count). The van der Waals surface area contributed by atoms with Gasteiger partial charge in [-0.3, -0.25) is 0 Å². The molecule has 0 aromatic heterocycles. The van der Waals surface area contributed by atoms with Gasteiger partial charge in [-0.15, -0.1) is 0 Å². The predicted molar refractivity (Wildman–Crippen MR) is 90.5 cm³/mol. The molecular formula is C17H25ClN2O2. The number of amides is 1. The topological polar surface area (TPSA) is 50.4 Å². The minimum atomic E-state index is -0.449. The maximum Gasteiger partial charge on any atom is 0.407 e. The van der Waals surface area contributed by atoms with Crippen molar-refractivity contribution in [3.63, 3.8) is 0 Å². The Morgan fingerprint density at radius 2 is 1.82 bits per heavy atom. The SMILES string of the molecule is CC(C)(C)OC(=O)NC1CCC(Nc2cccc(Cl)c2)CC1. The third kappa shape index (κ3) is 5.76. The highest BCUT2D eigenvalue weighted by Gasteiger charge is 2.24. The monoisotopic (exact) mass is 324 g/mol. The zero-order valence-corrected chi connectivity index (χ0v) is 14.2. The van der Waals surface area contributed by atoms with E-state index >= 15 is 0 Å². The Labute approximate surface area is 137 Å². The molecular weight excluding hydrogens is 300 g/mol. The van der Waals surface area contributed by atoms with Crippen LogP contribution in [-0.4, -0.2) is 23.8 Å². The summed E-state index contributed by atoms with van der Waals surface area (Å²) < 4.78 is 5.30. The van der Waals surface area contributed by atoms with Gasteiger partial charge in [0.2, 0.25) is 0 Å². The first-order valence-corrected chi connectivity index (χ1v) is 8.21. The fourth-order valence-electron chi connectivity index (χ4n) is 2.67. The Hall–Kier alpha value is -1.42. The smallest absolute Gasteiger partial charge is 0.407 e. The van der Waals surface area contributed by atoms with Crippen molar-refractivity contribution in [3.8, 4) is 0 Å². The maximum absolute atomic E-state index is 11.8. The lowest BCUT2D eigenvalue weighted by atomic mass is 9.91. The summed E-state index contributed by atoms with van der Waals surface area (Å²) in [5.74, 6) is 0. The van der Waals surface area contributed by atoms with Gasteiger partial charge in [-0.1, -0.05) is 17.7 Å². The lowest BCUT2D eigenvalue weighted by Gasteiger charge is -2.31. The number of carbonyl (C=O) groups is 1. The van der Waals surface area contributed by atoms with E-state index in [9.17, 15) is 4.79 Å². The molecule has 0 saturated heterocycles. The molecule has 1 aromatic carbocycles. The van der Waals surface area contributed by atoms with Crippen LogP contribution in [0.2, 0.25) is 5.02 Å². The number of hydrogen-bond acceptors (Lipinski definition) is 3. The highest BCUT2D eigenvalue weighted by molar-refractivity contribution is 6.30. The van der Waals surface area contributed by atoms with Crippen LogP contribution in [0.25, 0.3) is 0 Å². The van der Waals surface area contributed by atoms with Gasteiger partial charge in [0.05, 0.1) is 0 Å². The number of nitrogens with one attached hydrogen (secondary N) is 2. The molecule has 1 saturated carbocycles. The molecule has 0 radical (unpaired) electrons. The Morgan fingerprint density at radius 1 is 1.18 bits per heavy atom. The fourth-order valence-corrected chi connectivity index (χ4v) is 2.86. The fraction of sp³-hybridized carbons (Fsp3) is 0.588. The van der Waals surface area contributed by atoms with Crippen molar-refractivity contribution in [2.45, 2.75) is 64.1 Å². The van der Waals surface area contributed by atoms with Crippen molar-refractivity contribution < 1.29 is 9.53 Å². The zero-order valence-electron chi connectivity index (χ0n) is 13.5. The van der Waals surface area contributed by atoms with E-state index in [1.54, 1.807) is 0 Å². The molecule has 0 bridgehead atoms. The van der Waals surface area contributed by atoms with E-state index in [1.807, 2.05) is 45.0 Å². The van der Waals surface area contributed by atoms with Crippen molar-refractivity contribution in [1.29, 1.82) is 0 Å². The van der Waals surface area contributed by atoms with E-state index in [-0.39, 0.29) is 12.1 Å². The van der Waals surface area contributed by atoms with Gasteiger partial charge in [-0.2, -0.15) is 0 Å². The highest BCUT2D eigenvalue weighted by Crippen LogP contribution is 2.24. The van der Waals surface area contributed by atoms with E-state index in [0.717, 1.165) is 36.4 Å². The van der Waals surface area contributed by atoms with Crippen molar-refractivity contribution in [2.24, 2.45) is 0 Å². The minimum absolute atomic E-state index is 0.201. The van der Waals surface area contributed by atoms with Crippen LogP contribution in [0.4, 0.5) is 10.5 Å². The quantitative estimate of drug-likeness (QED) is 0.855. The third-order valence-corrected chi connectivity index (χ3v) is 3.88. The second kappa shape index (κ2) is 7.23. The molecule has 0 heterocycles. The van der Waals surface area contributed by atoms with Crippen LogP contribution in [0.5, 0.6) is 0 Å². The van der Waals surface area contributed by atoms with Gasteiger partial charge < -0.3 is 15.4 Å². The Morgan fingerprint density at radius 3 is 2.41 bits per heavy atom. The molecule has 1 fully saturated rings. The molecule has 1 aromatic rings. The normalized spacial score (nSPS) is 22.0. The van der Waals surface area contributed by atoms with E-state index in [1.165, 1.54) is 0 Å². The molecule has 22 heavy (non-hydrogen) atoms. The number of carbonyl (C=O) groups excluding carboxylic acids is 1. The van der Waals surface area contributed by atoms with Crippen LogP contribution >= 0.6 is 11.6 Å². The van der Waals surface area contributed by atoms with E-state index in [0.29, 0.717) is 6.04 Å². The summed E-state index contributed by atoms with van der Waals surface area (Å²) in [6.45, 7) is 5.62. The second-order valence-corrected chi connectivity index (χ2v) is 7.29. The standard InChI is InChI=1S/C17H25ClN2O2/c1-17(2,3)22-16(21)20-14-9-7-13(8-10-14)19-15-6-4-5-12(18)11-15/h4-6,11,13-14,19H,7-10H2,1-3H3,(H,20,21). The first-order valence-electron chi connectivity index (χ1n) is 7.83. The van der Waals surface area contributed by atoms with Crippen molar-refractivity contribution in [1.82, 2.24) is 5.32 Å². The molecule has 0 spiro atoms. The van der Waals surface area contributed by atoms with Gasteiger partial charge >= 0.3 is 6.09 Å². The van der Waals surface area contributed by atoms with Gasteiger partial charge in [0.25, 0.3) is 0 Å². The summed E-state index contributed by atoms with van der Waals surface area (Å²) in [5, 5.41) is 7.21. The Bertz CT molecular complexity index is 506. The van der Waals surface area contributed by atoms with Crippen LogP contribution in [-0.2, 0) is 4.74 Å². The lowest BCUT2D eigenvalue weighted by molar-refractivity contribution is 0.0492. The van der Waals surface area contributed by atoms with Crippen molar-refractivity contribution in [3.05, 3.63) is 29.3 Å². The molecule has 122 valence electrons. The summed E-state index contributed by atoms with van der Waals surface area (Å²) >= 11 is 5.99. The molecule has 4 nitrogen and oxygen atoms in total. The molecule has 1 amide bonds. The summed E-state index contributed by atoms with van der Waals surface area (Å²) in [4.78, 5) is 11.8. The third-order valence-electron chi connectivity index (χ3n) is 3.64. The Kier molecular flexibility index (Phi) is 5.57. The van der Waals surface area contributed by atoms with Crippen LogP contribution < -0.4 is 10.6 Å². The molecule has 5 heteroatoms. The molecule has 0 unspecified atom stereocenters. The summed E-state index contributed by atoms with van der Waals surface area (Å²) in [6, 6.07) is 8.40. The van der Waals surface area contributed by atoms with Gasteiger partial charge in [-0.05, 0) is 64.7 Å². The van der Waals surface area contributed by atoms with Crippen molar-refractivity contribution >= 4 is 23.4 Å². The number of anilines is 1. The number of alkyl carbamates (subject to hydrolysis) is 1. The summed E-state index contributed by atoms with van der Waals surface area (Å²) in [7, 11) is 0. The second-order valence-electron chi connectivity index (χ2n) is 6.85. The summed E-state index contributed by atoms with van der Waals surface area (Å²) in [5.41, 5.74) is 0.603. The molecule has 0 aliphatic heterocycles. The van der Waals surface area contributed by atoms with E-state index in [2.05, 4.69) is 10.6 Å². The van der Waals surface area contributed by atoms with Gasteiger partial charge in [0.1, 0.15) is 5.60 Å². The van der Waals surface area contributed by atoms with Gasteiger partial charge in [0, 0.05) is 22.8 Å². The van der Waals surface area contributed by atoms with E-state index in [4.69, 9.17) is 16.3 Å². The Balaban J connectivity index is 1.75. The number of rotatable bonds is 3. The maximum atomic E-state index is 11.8. The number of ether oxygens (including phenoxy) is 1. The highest BCUT2D eigenvalue weighted by atomic mass is 35.5. The predicted octanol–water partition coefficient (Wildman–Crippen LogP) is 4.59. The molecule has 0 atom stereocenters.